The largest absolute Gasteiger partial charge is 0.338 e. The fraction of sp³-hybridized carbons (Fsp3) is 0.250. The van der Waals surface area contributed by atoms with Gasteiger partial charge in [0.15, 0.2) is 0 Å². The minimum Gasteiger partial charge on any atom is -0.338 e. The molecule has 1 aromatic heterocycles. The van der Waals surface area contributed by atoms with Crippen molar-refractivity contribution in [3.05, 3.63) is 42.1 Å². The number of fused-ring (bicyclic) bond motifs is 1. The summed E-state index contributed by atoms with van der Waals surface area (Å²) < 4.78 is 0. The van der Waals surface area contributed by atoms with E-state index >= 15 is 0 Å². The van der Waals surface area contributed by atoms with Crippen molar-refractivity contribution in [1.82, 2.24) is 10.3 Å². The van der Waals surface area contributed by atoms with Crippen LogP contribution < -0.4 is 5.32 Å². The number of pyridine rings is 1. The van der Waals surface area contributed by atoms with E-state index in [4.69, 9.17) is 6.42 Å². The zero-order chi connectivity index (χ0) is 13.8. The third kappa shape index (κ3) is 2.92. The lowest BCUT2D eigenvalue weighted by atomic mass is 10.0. The van der Waals surface area contributed by atoms with Gasteiger partial charge in [0.2, 0.25) is 0 Å². The Balaban J connectivity index is 2.24. The average Bonchev–Trinajstić information content (AvgIpc) is 2.43. The van der Waals surface area contributed by atoms with Gasteiger partial charge >= 0.3 is 0 Å². The number of terminal acetylenes is 1. The number of rotatable bonds is 3. The van der Waals surface area contributed by atoms with Gasteiger partial charge in [-0.25, -0.2) is 0 Å². The molecule has 0 aliphatic rings. The van der Waals surface area contributed by atoms with Crippen LogP contribution in [0.3, 0.4) is 0 Å². The van der Waals surface area contributed by atoms with Crippen molar-refractivity contribution in [3.8, 4) is 12.3 Å². The molecule has 0 fully saturated rings. The fourth-order valence-corrected chi connectivity index (χ4v) is 1.82. The highest BCUT2D eigenvalue weighted by Gasteiger charge is 2.15. The molecule has 3 nitrogen and oxygen atoms in total. The molecule has 1 atom stereocenters. The predicted octanol–water partition coefficient (Wildman–Crippen LogP) is 2.62. The van der Waals surface area contributed by atoms with Crippen LogP contribution in [0.5, 0.6) is 0 Å². The van der Waals surface area contributed by atoms with Gasteiger partial charge in [-0.2, -0.15) is 0 Å². The van der Waals surface area contributed by atoms with Crippen molar-refractivity contribution in [3.63, 3.8) is 0 Å². The van der Waals surface area contributed by atoms with Crippen molar-refractivity contribution in [2.75, 3.05) is 0 Å². The van der Waals surface area contributed by atoms with Crippen LogP contribution in [0.2, 0.25) is 0 Å². The molecule has 0 bridgehead atoms. The van der Waals surface area contributed by atoms with Gasteiger partial charge in [0.05, 0.1) is 17.1 Å². The molecule has 1 amide bonds. The molecule has 1 unspecified atom stereocenters. The second-order valence-corrected chi connectivity index (χ2v) is 4.78. The normalized spacial score (nSPS) is 12.1. The maximum Gasteiger partial charge on any atom is 0.253 e. The number of carbonyl (C=O) groups excluding carboxylic acids is 1. The van der Waals surface area contributed by atoms with Crippen LogP contribution in [0, 0.1) is 18.3 Å². The van der Waals surface area contributed by atoms with E-state index in [0.29, 0.717) is 5.56 Å². The van der Waals surface area contributed by atoms with Crippen LogP contribution in [0.4, 0.5) is 0 Å². The summed E-state index contributed by atoms with van der Waals surface area (Å²) >= 11 is 0. The first-order chi connectivity index (χ1) is 9.11. The minimum absolute atomic E-state index is 0.185. The zero-order valence-electron chi connectivity index (χ0n) is 11.1. The average molecular weight is 252 g/mol. The van der Waals surface area contributed by atoms with Crippen LogP contribution in [0.15, 0.2) is 36.5 Å². The van der Waals surface area contributed by atoms with Gasteiger partial charge in [-0.3, -0.25) is 9.78 Å². The van der Waals surface area contributed by atoms with Gasteiger partial charge in [0.25, 0.3) is 5.91 Å². The maximum absolute atomic E-state index is 12.1. The number of carbonyl (C=O) groups is 1. The standard InChI is InChI=1S/C16H16N2O/c1-4-14(11(2)3)18-16(19)13-9-12-7-5-6-8-15(12)17-10-13/h1,5-11,14H,2-3H3,(H,18,19). The molecule has 0 aliphatic carbocycles. The Bertz CT molecular complexity index is 640. The summed E-state index contributed by atoms with van der Waals surface area (Å²) in [6, 6.07) is 9.24. The Morgan fingerprint density at radius 2 is 2.11 bits per heavy atom. The third-order valence-electron chi connectivity index (χ3n) is 2.99. The Morgan fingerprint density at radius 3 is 2.79 bits per heavy atom. The van der Waals surface area contributed by atoms with Crippen molar-refractivity contribution in [1.29, 1.82) is 0 Å². The van der Waals surface area contributed by atoms with E-state index in [0.717, 1.165) is 10.9 Å². The first kappa shape index (κ1) is 13.1. The smallest absolute Gasteiger partial charge is 0.253 e. The Morgan fingerprint density at radius 1 is 1.37 bits per heavy atom. The number of para-hydroxylation sites is 1. The van der Waals surface area contributed by atoms with Crippen LogP contribution in [-0.4, -0.2) is 16.9 Å². The summed E-state index contributed by atoms with van der Waals surface area (Å²) in [6.07, 6.45) is 6.99. The van der Waals surface area contributed by atoms with Crippen LogP contribution in [0.25, 0.3) is 10.9 Å². The summed E-state index contributed by atoms with van der Waals surface area (Å²) in [6.45, 7) is 3.95. The lowest BCUT2D eigenvalue weighted by Gasteiger charge is -2.16. The zero-order valence-corrected chi connectivity index (χ0v) is 11.1. The van der Waals surface area contributed by atoms with E-state index in [-0.39, 0.29) is 17.9 Å². The van der Waals surface area contributed by atoms with Crippen molar-refractivity contribution >= 4 is 16.8 Å². The lowest BCUT2D eigenvalue weighted by Crippen LogP contribution is -2.37. The molecule has 1 aromatic carbocycles. The van der Waals surface area contributed by atoms with E-state index < -0.39 is 0 Å². The van der Waals surface area contributed by atoms with Gasteiger partial charge in [-0.05, 0) is 18.1 Å². The van der Waals surface area contributed by atoms with E-state index in [1.165, 1.54) is 0 Å². The van der Waals surface area contributed by atoms with Gasteiger partial charge in [-0.1, -0.05) is 38.0 Å². The molecular weight excluding hydrogens is 236 g/mol. The Labute approximate surface area is 113 Å². The summed E-state index contributed by atoms with van der Waals surface area (Å²) in [4.78, 5) is 16.4. The molecule has 96 valence electrons. The van der Waals surface area contributed by atoms with Crippen LogP contribution in [-0.2, 0) is 0 Å². The third-order valence-corrected chi connectivity index (χ3v) is 2.99. The number of benzene rings is 1. The summed E-state index contributed by atoms with van der Waals surface area (Å²) in [5, 5.41) is 3.77. The number of nitrogens with zero attached hydrogens (tertiary/aromatic N) is 1. The summed E-state index contributed by atoms with van der Waals surface area (Å²) in [5.41, 5.74) is 1.40. The number of hydrogen-bond acceptors (Lipinski definition) is 2. The highest BCUT2D eigenvalue weighted by molar-refractivity contribution is 5.97. The molecule has 0 saturated heterocycles. The minimum atomic E-state index is -0.265. The van der Waals surface area contributed by atoms with E-state index in [1.807, 2.05) is 44.2 Å². The molecule has 3 heteroatoms. The molecule has 2 rings (SSSR count). The first-order valence-corrected chi connectivity index (χ1v) is 6.23. The fourth-order valence-electron chi connectivity index (χ4n) is 1.82. The molecule has 1 N–H and O–H groups in total. The highest BCUT2D eigenvalue weighted by atomic mass is 16.1. The second-order valence-electron chi connectivity index (χ2n) is 4.78. The molecular formula is C16H16N2O. The van der Waals surface area contributed by atoms with Crippen molar-refractivity contribution in [2.45, 2.75) is 19.9 Å². The number of hydrogen-bond donors (Lipinski definition) is 1. The van der Waals surface area contributed by atoms with E-state index in [1.54, 1.807) is 6.20 Å². The number of aromatic nitrogens is 1. The SMILES string of the molecule is C#CC(NC(=O)c1cnc2ccccc2c1)C(C)C. The first-order valence-electron chi connectivity index (χ1n) is 6.23. The molecule has 0 saturated carbocycles. The number of amides is 1. The summed E-state index contributed by atoms with van der Waals surface area (Å²) in [5.74, 6) is 2.60. The van der Waals surface area contributed by atoms with Gasteiger partial charge in [0, 0.05) is 11.6 Å². The molecule has 0 aliphatic heterocycles. The van der Waals surface area contributed by atoms with Gasteiger partial charge < -0.3 is 5.32 Å². The Hall–Kier alpha value is -2.34. The van der Waals surface area contributed by atoms with E-state index in [2.05, 4.69) is 16.2 Å². The van der Waals surface area contributed by atoms with Gasteiger partial charge in [-0.15, -0.1) is 6.42 Å². The monoisotopic (exact) mass is 252 g/mol. The topological polar surface area (TPSA) is 42.0 Å². The summed E-state index contributed by atoms with van der Waals surface area (Å²) in [7, 11) is 0. The Kier molecular flexibility index (Phi) is 3.82. The maximum atomic E-state index is 12.1. The molecule has 0 radical (unpaired) electrons. The van der Waals surface area contributed by atoms with E-state index in [9.17, 15) is 4.79 Å². The van der Waals surface area contributed by atoms with Crippen molar-refractivity contribution in [2.24, 2.45) is 5.92 Å². The molecule has 0 spiro atoms. The van der Waals surface area contributed by atoms with Gasteiger partial charge in [0.1, 0.15) is 0 Å². The second kappa shape index (κ2) is 5.53. The number of nitrogens with one attached hydrogen (secondary N) is 1. The van der Waals surface area contributed by atoms with Crippen LogP contribution >= 0.6 is 0 Å². The molecule has 1 heterocycles. The lowest BCUT2D eigenvalue weighted by molar-refractivity contribution is 0.0938. The predicted molar refractivity (Wildman–Crippen MR) is 76.7 cm³/mol. The molecule has 2 aromatic rings. The highest BCUT2D eigenvalue weighted by Crippen LogP contribution is 2.13. The molecule has 19 heavy (non-hydrogen) atoms. The quantitative estimate of drug-likeness (QED) is 0.853. The van der Waals surface area contributed by atoms with Crippen molar-refractivity contribution < 1.29 is 4.79 Å². The van der Waals surface area contributed by atoms with Crippen LogP contribution in [0.1, 0.15) is 24.2 Å².